The van der Waals surface area contributed by atoms with Crippen molar-refractivity contribution in [2.45, 2.75) is 31.8 Å². The van der Waals surface area contributed by atoms with Crippen molar-refractivity contribution in [3.63, 3.8) is 0 Å². The van der Waals surface area contributed by atoms with E-state index < -0.39 is 0 Å². The van der Waals surface area contributed by atoms with Gasteiger partial charge in [0.1, 0.15) is 11.5 Å². The van der Waals surface area contributed by atoms with E-state index in [0.717, 1.165) is 11.3 Å². The number of para-hydroxylation sites is 1. The number of carbonyl (C=O) groups excluding carboxylic acids is 1. The lowest BCUT2D eigenvalue weighted by molar-refractivity contribution is -0.137. The van der Waals surface area contributed by atoms with Gasteiger partial charge in [-0.1, -0.05) is 18.2 Å². The maximum Gasteiger partial charge on any atom is 0.138 e. The van der Waals surface area contributed by atoms with Crippen LogP contribution in [0.1, 0.15) is 25.3 Å². The van der Waals surface area contributed by atoms with Crippen molar-refractivity contribution in [2.24, 2.45) is 0 Å². The van der Waals surface area contributed by atoms with Crippen LogP contribution in [0.2, 0.25) is 0 Å². The van der Waals surface area contributed by atoms with Crippen LogP contribution >= 0.6 is 0 Å². The first kappa shape index (κ1) is 12.1. The van der Waals surface area contributed by atoms with Crippen LogP contribution in [-0.2, 0) is 16.0 Å². The molecular formula is C14H18O3. The average molecular weight is 234 g/mol. The van der Waals surface area contributed by atoms with Crippen LogP contribution in [-0.4, -0.2) is 25.1 Å². The molecule has 1 aromatic rings. The third kappa shape index (κ3) is 2.86. The number of methoxy groups -OCH3 is 1. The normalized spacial score (nSPS) is 24.7. The van der Waals surface area contributed by atoms with E-state index in [4.69, 9.17) is 9.47 Å². The van der Waals surface area contributed by atoms with Gasteiger partial charge >= 0.3 is 0 Å². The molecule has 1 saturated heterocycles. The molecule has 0 saturated carbocycles. The van der Waals surface area contributed by atoms with E-state index in [0.29, 0.717) is 25.9 Å². The first-order valence-corrected chi connectivity index (χ1v) is 5.90. The molecule has 2 rings (SSSR count). The highest BCUT2D eigenvalue weighted by Crippen LogP contribution is 2.30. The Morgan fingerprint density at radius 1 is 1.41 bits per heavy atom. The van der Waals surface area contributed by atoms with Gasteiger partial charge in [-0.05, 0) is 18.6 Å². The molecule has 0 spiro atoms. The molecule has 1 aromatic carbocycles. The highest BCUT2D eigenvalue weighted by Gasteiger charge is 2.33. The summed E-state index contributed by atoms with van der Waals surface area (Å²) in [7, 11) is 1.66. The summed E-state index contributed by atoms with van der Waals surface area (Å²) in [6, 6.07) is 7.87. The highest BCUT2D eigenvalue weighted by molar-refractivity contribution is 5.80. The van der Waals surface area contributed by atoms with E-state index in [-0.39, 0.29) is 11.4 Å². The van der Waals surface area contributed by atoms with Crippen molar-refractivity contribution in [3.8, 4) is 5.75 Å². The lowest BCUT2D eigenvalue weighted by Gasteiger charge is -2.33. The largest absolute Gasteiger partial charge is 0.496 e. The predicted octanol–water partition coefficient (Wildman–Crippen LogP) is 2.38. The van der Waals surface area contributed by atoms with Crippen molar-refractivity contribution in [1.82, 2.24) is 0 Å². The summed E-state index contributed by atoms with van der Waals surface area (Å²) in [6.07, 6.45) is 1.75. The zero-order chi connectivity index (χ0) is 12.3. The molecule has 1 heterocycles. The van der Waals surface area contributed by atoms with E-state index >= 15 is 0 Å². The molecule has 1 atom stereocenters. The average Bonchev–Trinajstić information content (AvgIpc) is 2.29. The van der Waals surface area contributed by atoms with Gasteiger partial charge in [0.25, 0.3) is 0 Å². The standard InChI is InChI=1S/C14H18O3/c1-14(10-12(15)7-8-17-14)9-11-5-3-4-6-13(11)16-2/h3-6H,7-10H2,1-2H3. The van der Waals surface area contributed by atoms with E-state index in [1.807, 2.05) is 31.2 Å². The smallest absolute Gasteiger partial charge is 0.138 e. The second-order valence-corrected chi connectivity index (χ2v) is 4.75. The lowest BCUT2D eigenvalue weighted by atomic mass is 9.88. The van der Waals surface area contributed by atoms with Gasteiger partial charge < -0.3 is 9.47 Å². The molecule has 3 heteroatoms. The van der Waals surface area contributed by atoms with Crippen LogP contribution in [0.15, 0.2) is 24.3 Å². The molecule has 3 nitrogen and oxygen atoms in total. The summed E-state index contributed by atoms with van der Waals surface area (Å²) < 4.78 is 11.1. The quantitative estimate of drug-likeness (QED) is 0.805. The van der Waals surface area contributed by atoms with Gasteiger partial charge in [0.2, 0.25) is 0 Å². The Morgan fingerprint density at radius 3 is 2.88 bits per heavy atom. The highest BCUT2D eigenvalue weighted by atomic mass is 16.5. The molecule has 92 valence electrons. The minimum absolute atomic E-state index is 0.286. The molecule has 1 aliphatic rings. The fraction of sp³-hybridized carbons (Fsp3) is 0.500. The van der Waals surface area contributed by atoms with Crippen LogP contribution in [0.4, 0.5) is 0 Å². The second-order valence-electron chi connectivity index (χ2n) is 4.75. The monoisotopic (exact) mass is 234 g/mol. The van der Waals surface area contributed by atoms with Gasteiger partial charge in [-0.2, -0.15) is 0 Å². The molecule has 0 N–H and O–H groups in total. The molecule has 1 fully saturated rings. The second kappa shape index (κ2) is 4.88. The molecule has 1 aliphatic heterocycles. The number of rotatable bonds is 3. The maximum atomic E-state index is 11.5. The molecule has 0 amide bonds. The van der Waals surface area contributed by atoms with E-state index in [1.165, 1.54) is 0 Å². The van der Waals surface area contributed by atoms with E-state index in [9.17, 15) is 4.79 Å². The first-order valence-electron chi connectivity index (χ1n) is 5.90. The van der Waals surface area contributed by atoms with Crippen LogP contribution in [0.25, 0.3) is 0 Å². The molecule has 17 heavy (non-hydrogen) atoms. The lowest BCUT2D eigenvalue weighted by Crippen LogP contribution is -2.39. The van der Waals surface area contributed by atoms with Gasteiger partial charge in [-0.3, -0.25) is 4.79 Å². The maximum absolute atomic E-state index is 11.5. The zero-order valence-corrected chi connectivity index (χ0v) is 10.4. The number of hydrogen-bond acceptors (Lipinski definition) is 3. The van der Waals surface area contributed by atoms with Crippen LogP contribution in [0.3, 0.4) is 0 Å². The van der Waals surface area contributed by atoms with Crippen LogP contribution < -0.4 is 4.74 Å². The summed E-state index contributed by atoms with van der Waals surface area (Å²) in [4.78, 5) is 11.5. The van der Waals surface area contributed by atoms with E-state index in [1.54, 1.807) is 7.11 Å². The molecule has 0 bridgehead atoms. The van der Waals surface area contributed by atoms with Gasteiger partial charge in [0, 0.05) is 19.3 Å². The topological polar surface area (TPSA) is 35.5 Å². The Kier molecular flexibility index (Phi) is 3.48. The van der Waals surface area contributed by atoms with Crippen molar-refractivity contribution in [2.75, 3.05) is 13.7 Å². The Hall–Kier alpha value is -1.35. The van der Waals surface area contributed by atoms with Gasteiger partial charge in [-0.15, -0.1) is 0 Å². The SMILES string of the molecule is COc1ccccc1CC1(C)CC(=O)CCO1. The Morgan fingerprint density at radius 2 is 2.18 bits per heavy atom. The number of ketones is 1. The Balaban J connectivity index is 2.16. The molecule has 1 unspecified atom stereocenters. The fourth-order valence-electron chi connectivity index (χ4n) is 2.33. The summed E-state index contributed by atoms with van der Waals surface area (Å²) in [6.45, 7) is 2.53. The first-order chi connectivity index (χ1) is 8.13. The number of Topliss-reactive ketones (excluding diaryl/α,β-unsaturated/α-hetero) is 1. The third-order valence-electron chi connectivity index (χ3n) is 3.16. The molecular weight excluding hydrogens is 216 g/mol. The Labute approximate surface area is 102 Å². The summed E-state index contributed by atoms with van der Waals surface area (Å²) >= 11 is 0. The number of carbonyl (C=O) groups is 1. The van der Waals surface area contributed by atoms with Gasteiger partial charge in [0.05, 0.1) is 19.3 Å². The van der Waals surface area contributed by atoms with Crippen LogP contribution in [0, 0.1) is 0 Å². The van der Waals surface area contributed by atoms with E-state index in [2.05, 4.69) is 0 Å². The summed E-state index contributed by atoms with van der Waals surface area (Å²) in [5, 5.41) is 0. The number of benzene rings is 1. The molecule has 0 radical (unpaired) electrons. The third-order valence-corrected chi connectivity index (χ3v) is 3.16. The van der Waals surface area contributed by atoms with Crippen molar-refractivity contribution < 1.29 is 14.3 Å². The minimum atomic E-state index is -0.385. The van der Waals surface area contributed by atoms with Gasteiger partial charge in [-0.25, -0.2) is 0 Å². The Bertz CT molecular complexity index is 414. The van der Waals surface area contributed by atoms with Crippen molar-refractivity contribution >= 4 is 5.78 Å². The molecule has 0 aliphatic carbocycles. The summed E-state index contributed by atoms with van der Waals surface area (Å²) in [5.41, 5.74) is 0.705. The van der Waals surface area contributed by atoms with Crippen molar-refractivity contribution in [1.29, 1.82) is 0 Å². The minimum Gasteiger partial charge on any atom is -0.496 e. The summed E-state index contributed by atoms with van der Waals surface area (Å²) in [5.74, 6) is 1.14. The fourth-order valence-corrected chi connectivity index (χ4v) is 2.33. The number of ether oxygens (including phenoxy) is 2. The van der Waals surface area contributed by atoms with Crippen LogP contribution in [0.5, 0.6) is 5.75 Å². The van der Waals surface area contributed by atoms with Gasteiger partial charge in [0.15, 0.2) is 0 Å². The number of hydrogen-bond donors (Lipinski definition) is 0. The van der Waals surface area contributed by atoms with Crippen molar-refractivity contribution in [3.05, 3.63) is 29.8 Å². The molecule has 0 aromatic heterocycles. The predicted molar refractivity (Wildman–Crippen MR) is 65.3 cm³/mol. The zero-order valence-electron chi connectivity index (χ0n) is 10.4.